The molecule has 1 N–H and O–H groups in total. The van der Waals surface area contributed by atoms with E-state index in [1.165, 1.54) is 6.92 Å². The summed E-state index contributed by atoms with van der Waals surface area (Å²) in [5, 5.41) is 0. The first-order chi connectivity index (χ1) is 8.23. The molecule has 0 radical (unpaired) electrons. The van der Waals surface area contributed by atoms with Crippen molar-refractivity contribution in [3.8, 4) is 0 Å². The Balaban J connectivity index is 3.54. The number of rotatable bonds is 6. The topological polar surface area (TPSA) is 90.9 Å². The second-order valence-corrected chi connectivity index (χ2v) is 4.53. The fourth-order valence-corrected chi connectivity index (χ4v) is 0.723. The van der Waals surface area contributed by atoms with Crippen molar-refractivity contribution in [1.82, 2.24) is 5.48 Å². The minimum Gasteiger partial charge on any atom is -0.464 e. The van der Waals surface area contributed by atoms with E-state index in [1.807, 2.05) is 0 Å². The van der Waals surface area contributed by atoms with Crippen molar-refractivity contribution in [2.24, 2.45) is 5.41 Å². The second kappa shape index (κ2) is 7.65. The summed E-state index contributed by atoms with van der Waals surface area (Å²) in [6.45, 7) is 6.19. The molecule has 0 aromatic rings. The van der Waals surface area contributed by atoms with Gasteiger partial charge in [0, 0.05) is 6.92 Å². The molecule has 0 saturated carbocycles. The highest BCUT2D eigenvalue weighted by molar-refractivity contribution is 5.75. The van der Waals surface area contributed by atoms with Crippen molar-refractivity contribution in [2.45, 2.75) is 27.7 Å². The maximum atomic E-state index is 11.3. The Labute approximate surface area is 106 Å². The lowest BCUT2D eigenvalue weighted by Crippen LogP contribution is -2.30. The molecular formula is C11H19NO6. The van der Waals surface area contributed by atoms with Crippen LogP contribution in [0.4, 0.5) is 0 Å². The van der Waals surface area contributed by atoms with Crippen molar-refractivity contribution < 1.29 is 28.7 Å². The molecule has 0 saturated heterocycles. The van der Waals surface area contributed by atoms with E-state index in [0.717, 1.165) is 0 Å². The highest BCUT2D eigenvalue weighted by Crippen LogP contribution is 2.14. The van der Waals surface area contributed by atoms with Crippen LogP contribution in [-0.2, 0) is 28.7 Å². The monoisotopic (exact) mass is 261 g/mol. The van der Waals surface area contributed by atoms with Gasteiger partial charge in [0.1, 0.15) is 6.61 Å². The van der Waals surface area contributed by atoms with Gasteiger partial charge in [-0.05, 0) is 20.8 Å². The molecule has 0 bridgehead atoms. The van der Waals surface area contributed by atoms with Gasteiger partial charge in [-0.15, -0.1) is 5.48 Å². The van der Waals surface area contributed by atoms with E-state index in [4.69, 9.17) is 4.74 Å². The summed E-state index contributed by atoms with van der Waals surface area (Å²) < 4.78 is 9.31. The van der Waals surface area contributed by atoms with Crippen LogP contribution in [0.15, 0.2) is 0 Å². The number of carbonyl (C=O) groups is 3. The van der Waals surface area contributed by atoms with Crippen LogP contribution in [-0.4, -0.2) is 37.7 Å². The third-order valence-corrected chi connectivity index (χ3v) is 1.63. The normalized spacial score (nSPS) is 10.7. The Morgan fingerprint density at radius 1 is 1.11 bits per heavy atom. The zero-order chi connectivity index (χ0) is 14.2. The van der Waals surface area contributed by atoms with Gasteiger partial charge < -0.3 is 14.3 Å². The molecule has 0 aromatic carbocycles. The zero-order valence-electron chi connectivity index (χ0n) is 11.1. The van der Waals surface area contributed by atoms with Gasteiger partial charge in [0.25, 0.3) is 0 Å². The SMILES string of the molecule is CC(=O)OCC(=O)ONCCOC(=O)C(C)(C)C. The Kier molecular flexibility index (Phi) is 6.96. The Morgan fingerprint density at radius 2 is 1.72 bits per heavy atom. The van der Waals surface area contributed by atoms with Crippen molar-refractivity contribution in [2.75, 3.05) is 19.8 Å². The molecule has 104 valence electrons. The number of ether oxygens (including phenoxy) is 2. The van der Waals surface area contributed by atoms with Crippen molar-refractivity contribution in [3.63, 3.8) is 0 Å². The standard InChI is InChI=1S/C11H19NO6/c1-8(13)17-7-9(14)18-12-5-6-16-10(15)11(2,3)4/h12H,5-7H2,1-4H3. The highest BCUT2D eigenvalue weighted by atomic mass is 16.7. The summed E-state index contributed by atoms with van der Waals surface area (Å²) in [7, 11) is 0. The van der Waals surface area contributed by atoms with Crippen LogP contribution < -0.4 is 5.48 Å². The lowest BCUT2D eigenvalue weighted by Gasteiger charge is -2.16. The molecule has 0 atom stereocenters. The molecule has 7 nitrogen and oxygen atoms in total. The summed E-state index contributed by atoms with van der Waals surface area (Å²) in [5.41, 5.74) is 1.73. The number of hydrogen-bond acceptors (Lipinski definition) is 7. The Morgan fingerprint density at radius 3 is 2.22 bits per heavy atom. The van der Waals surface area contributed by atoms with Gasteiger partial charge >= 0.3 is 17.9 Å². The smallest absolute Gasteiger partial charge is 0.362 e. The van der Waals surface area contributed by atoms with Crippen LogP contribution >= 0.6 is 0 Å². The van der Waals surface area contributed by atoms with Crippen molar-refractivity contribution >= 4 is 17.9 Å². The van der Waals surface area contributed by atoms with E-state index in [9.17, 15) is 14.4 Å². The summed E-state index contributed by atoms with van der Waals surface area (Å²) in [4.78, 5) is 37.1. The van der Waals surface area contributed by atoms with Gasteiger partial charge in [0.05, 0.1) is 12.0 Å². The third kappa shape index (κ3) is 8.51. The van der Waals surface area contributed by atoms with Gasteiger partial charge in [-0.25, -0.2) is 4.79 Å². The predicted molar refractivity (Wildman–Crippen MR) is 61.1 cm³/mol. The molecule has 18 heavy (non-hydrogen) atoms. The van der Waals surface area contributed by atoms with Crippen LogP contribution in [0.3, 0.4) is 0 Å². The maximum Gasteiger partial charge on any atom is 0.362 e. The number of hydrogen-bond donors (Lipinski definition) is 1. The fraction of sp³-hybridized carbons (Fsp3) is 0.727. The molecule has 0 aliphatic heterocycles. The van der Waals surface area contributed by atoms with E-state index in [-0.39, 0.29) is 19.1 Å². The zero-order valence-corrected chi connectivity index (χ0v) is 11.1. The largest absolute Gasteiger partial charge is 0.464 e. The van der Waals surface area contributed by atoms with Crippen LogP contribution in [0, 0.1) is 5.41 Å². The molecule has 0 spiro atoms. The average Bonchev–Trinajstić information content (AvgIpc) is 2.24. The quantitative estimate of drug-likeness (QED) is 0.316. The van der Waals surface area contributed by atoms with Gasteiger partial charge in [-0.3, -0.25) is 9.59 Å². The molecule has 0 rings (SSSR count). The molecule has 0 fully saturated rings. The molecule has 0 unspecified atom stereocenters. The first-order valence-corrected chi connectivity index (χ1v) is 5.46. The van der Waals surface area contributed by atoms with E-state index in [0.29, 0.717) is 0 Å². The predicted octanol–water partition coefficient (Wildman–Crippen LogP) is 0.187. The van der Waals surface area contributed by atoms with E-state index in [1.54, 1.807) is 20.8 Å². The maximum absolute atomic E-state index is 11.3. The molecule has 0 aliphatic carbocycles. The molecule has 0 heterocycles. The lowest BCUT2D eigenvalue weighted by atomic mass is 9.97. The second-order valence-electron chi connectivity index (χ2n) is 4.53. The van der Waals surface area contributed by atoms with Crippen LogP contribution in [0.5, 0.6) is 0 Å². The molecule has 0 aromatic heterocycles. The van der Waals surface area contributed by atoms with E-state index < -0.39 is 24.0 Å². The average molecular weight is 261 g/mol. The van der Waals surface area contributed by atoms with Gasteiger partial charge in [0.2, 0.25) is 0 Å². The summed E-state index contributed by atoms with van der Waals surface area (Å²) >= 11 is 0. The lowest BCUT2D eigenvalue weighted by molar-refractivity contribution is -0.164. The first-order valence-electron chi connectivity index (χ1n) is 5.46. The number of esters is 2. The molecule has 0 amide bonds. The summed E-state index contributed by atoms with van der Waals surface area (Å²) in [6.07, 6.45) is 0. The number of hydroxylamine groups is 1. The number of carbonyl (C=O) groups excluding carboxylic acids is 3. The first kappa shape index (κ1) is 16.4. The fourth-order valence-electron chi connectivity index (χ4n) is 0.723. The van der Waals surface area contributed by atoms with Crippen LogP contribution in [0.25, 0.3) is 0 Å². The van der Waals surface area contributed by atoms with Gasteiger partial charge in [-0.2, -0.15) is 0 Å². The summed E-state index contributed by atoms with van der Waals surface area (Å²) in [5.74, 6) is -1.63. The minimum absolute atomic E-state index is 0.0803. The molecular weight excluding hydrogens is 242 g/mol. The molecule has 7 heteroatoms. The number of nitrogens with one attached hydrogen (secondary N) is 1. The van der Waals surface area contributed by atoms with Crippen molar-refractivity contribution in [1.29, 1.82) is 0 Å². The minimum atomic E-state index is -0.729. The van der Waals surface area contributed by atoms with E-state index in [2.05, 4.69) is 15.1 Å². The van der Waals surface area contributed by atoms with Crippen LogP contribution in [0.1, 0.15) is 27.7 Å². The summed E-state index contributed by atoms with van der Waals surface area (Å²) in [6, 6.07) is 0. The van der Waals surface area contributed by atoms with E-state index >= 15 is 0 Å². The Bertz CT molecular complexity index is 307. The highest BCUT2D eigenvalue weighted by Gasteiger charge is 2.22. The van der Waals surface area contributed by atoms with Gasteiger partial charge in [-0.1, -0.05) is 0 Å². The van der Waals surface area contributed by atoms with Crippen molar-refractivity contribution in [3.05, 3.63) is 0 Å². The van der Waals surface area contributed by atoms with Gasteiger partial charge in [0.15, 0.2) is 6.61 Å². The van der Waals surface area contributed by atoms with Crippen LogP contribution in [0.2, 0.25) is 0 Å². The third-order valence-electron chi connectivity index (χ3n) is 1.63. The molecule has 0 aliphatic rings. The Hall–Kier alpha value is -1.63.